The molecule has 0 saturated carbocycles. The minimum absolute atomic E-state index is 0.0969. The molecular weight excluding hydrogens is 937 g/mol. The number of hydrogen-bond donors (Lipinski definition) is 14. The van der Waals surface area contributed by atoms with Crippen LogP contribution in [0.1, 0.15) is 59.5 Å². The van der Waals surface area contributed by atoms with E-state index in [4.69, 9.17) is 9.47 Å². The zero-order valence-electron chi connectivity index (χ0n) is 40.3. The van der Waals surface area contributed by atoms with Gasteiger partial charge in [-0.2, -0.15) is 0 Å². The first-order chi connectivity index (χ1) is 33.9. The van der Waals surface area contributed by atoms with Crippen LogP contribution < -0.4 is 21.3 Å². The van der Waals surface area contributed by atoms with Crippen LogP contribution >= 0.6 is 0 Å². The molecule has 12 atom stereocenters. The van der Waals surface area contributed by atoms with Gasteiger partial charge in [0, 0.05) is 47.9 Å². The first kappa shape index (κ1) is 55.6. The predicted octanol–water partition coefficient (Wildman–Crippen LogP) is -1.35. The molecule has 390 valence electrons. The number of aliphatic hydroxyl groups is 10. The van der Waals surface area contributed by atoms with Gasteiger partial charge in [-0.25, -0.2) is 0 Å². The lowest BCUT2D eigenvalue weighted by Gasteiger charge is -2.48. The molecule has 0 bridgehead atoms. The minimum Gasteiger partial charge on any atom is -0.396 e. The normalized spacial score (nSPS) is 27.5. The summed E-state index contributed by atoms with van der Waals surface area (Å²) in [6, 6.07) is 26.3. The maximum absolute atomic E-state index is 13.8. The van der Waals surface area contributed by atoms with Crippen molar-refractivity contribution in [1.29, 1.82) is 0 Å². The fraction of sp³-hybridized carbons (Fsp3) is 0.462. The summed E-state index contributed by atoms with van der Waals surface area (Å²) >= 11 is 0. The molecular formula is C52H66N4O16. The molecule has 6 rings (SSSR count). The molecule has 2 heterocycles. The molecule has 2 saturated heterocycles. The predicted molar refractivity (Wildman–Crippen MR) is 258 cm³/mol. The summed E-state index contributed by atoms with van der Waals surface area (Å²) in [5.74, 6) is -7.90. The highest BCUT2D eigenvalue weighted by Crippen LogP contribution is 2.34. The lowest BCUT2D eigenvalue weighted by atomic mass is 9.85. The van der Waals surface area contributed by atoms with Crippen LogP contribution in [-0.2, 0) is 31.9 Å². The summed E-state index contributed by atoms with van der Waals surface area (Å²) < 4.78 is 11.9. The fourth-order valence-electron chi connectivity index (χ4n) is 8.53. The molecule has 72 heavy (non-hydrogen) atoms. The number of ether oxygens (including phenoxy) is 2. The molecule has 4 aromatic rings. The molecule has 2 aliphatic rings. The van der Waals surface area contributed by atoms with Crippen molar-refractivity contribution >= 4 is 23.6 Å². The van der Waals surface area contributed by atoms with Gasteiger partial charge >= 0.3 is 0 Å². The van der Waals surface area contributed by atoms with Gasteiger partial charge in [-0.1, -0.05) is 113 Å². The highest BCUT2D eigenvalue weighted by atomic mass is 16.7. The summed E-state index contributed by atoms with van der Waals surface area (Å²) in [5.41, 5.74) is 0.117. The van der Waals surface area contributed by atoms with E-state index in [9.17, 15) is 70.2 Å². The molecule has 20 heteroatoms. The molecule has 0 aliphatic carbocycles. The van der Waals surface area contributed by atoms with Crippen molar-refractivity contribution in [2.45, 2.75) is 113 Å². The summed E-state index contributed by atoms with van der Waals surface area (Å²) in [6.07, 6.45) is -13.7. The molecule has 4 amide bonds. The third-order valence-corrected chi connectivity index (χ3v) is 13.4. The van der Waals surface area contributed by atoms with E-state index in [0.717, 1.165) is 0 Å². The summed E-state index contributed by atoms with van der Waals surface area (Å²) in [6.45, 7) is 3.98. The van der Waals surface area contributed by atoms with Crippen LogP contribution in [0.25, 0.3) is 11.1 Å². The van der Waals surface area contributed by atoms with Crippen LogP contribution in [0.2, 0.25) is 0 Å². The van der Waals surface area contributed by atoms with Gasteiger partial charge in [0.05, 0.1) is 13.2 Å². The van der Waals surface area contributed by atoms with Crippen molar-refractivity contribution < 1.29 is 79.7 Å². The number of aliphatic hydroxyl groups excluding tert-OH is 8. The number of carbonyl (C=O) groups is 4. The number of rotatable bonds is 19. The van der Waals surface area contributed by atoms with Crippen LogP contribution in [0, 0.1) is 10.8 Å². The highest BCUT2D eigenvalue weighted by Gasteiger charge is 2.55. The lowest BCUT2D eigenvalue weighted by Crippen LogP contribution is -2.71. The van der Waals surface area contributed by atoms with Crippen molar-refractivity contribution in [3.8, 4) is 11.1 Å². The van der Waals surface area contributed by atoms with E-state index in [1.165, 1.54) is 52.0 Å². The molecule has 2 fully saturated rings. The fourth-order valence-corrected chi connectivity index (χ4v) is 8.53. The quantitative estimate of drug-likeness (QED) is 0.0516. The molecule has 0 aromatic heterocycles. The SMILES string of the molecule is CC(C)(CO)[C@@H](O)C(=O)NC[C@H]1O[C@@](O)(Cc2ccccc2)[C@H](NC(=O)c2ccc(-c3ccc(C(=O)N[C@@H]4[C@@H](O)[C@H](O)[C@@H](CNC(=O)[C@H](O)C(C)(C)CO)O[C@@]4(O)Cc4ccccc4)cc3)cc2)[C@@H](O)[C@@H]1O. The average Bonchev–Trinajstić information content (AvgIpc) is 3.37. The molecule has 20 nitrogen and oxygen atoms in total. The van der Waals surface area contributed by atoms with Crippen molar-refractivity contribution in [2.75, 3.05) is 26.3 Å². The Morgan fingerprint density at radius 2 is 0.847 bits per heavy atom. The largest absolute Gasteiger partial charge is 0.396 e. The van der Waals surface area contributed by atoms with Gasteiger partial charge in [-0.3, -0.25) is 19.2 Å². The number of benzene rings is 4. The van der Waals surface area contributed by atoms with Crippen molar-refractivity contribution in [3.05, 3.63) is 131 Å². The molecule has 14 N–H and O–H groups in total. The van der Waals surface area contributed by atoms with Crippen LogP contribution in [-0.4, -0.2) is 173 Å². The number of amides is 4. The zero-order chi connectivity index (χ0) is 52.8. The van der Waals surface area contributed by atoms with Gasteiger partial charge in [0.15, 0.2) is 11.6 Å². The summed E-state index contributed by atoms with van der Waals surface area (Å²) in [7, 11) is 0. The minimum atomic E-state index is -2.32. The number of carbonyl (C=O) groups excluding carboxylic acids is 4. The van der Waals surface area contributed by atoms with Crippen molar-refractivity contribution in [2.24, 2.45) is 10.8 Å². The van der Waals surface area contributed by atoms with Gasteiger partial charge in [0.1, 0.15) is 60.9 Å². The Morgan fingerprint density at radius 1 is 0.528 bits per heavy atom. The van der Waals surface area contributed by atoms with Gasteiger partial charge < -0.3 is 81.8 Å². The summed E-state index contributed by atoms with van der Waals surface area (Å²) in [4.78, 5) is 53.0. The van der Waals surface area contributed by atoms with Crippen LogP contribution in [0.3, 0.4) is 0 Å². The molecule has 0 spiro atoms. The van der Waals surface area contributed by atoms with E-state index in [-0.39, 0.29) is 24.0 Å². The molecule has 0 radical (unpaired) electrons. The van der Waals surface area contributed by atoms with Gasteiger partial charge in [0.25, 0.3) is 11.8 Å². The van der Waals surface area contributed by atoms with E-state index in [2.05, 4.69) is 21.3 Å². The number of nitrogens with one attached hydrogen (secondary N) is 4. The Balaban J connectivity index is 1.13. The van der Waals surface area contributed by atoms with Crippen molar-refractivity contribution in [3.63, 3.8) is 0 Å². The van der Waals surface area contributed by atoms with Gasteiger partial charge in [-0.15, -0.1) is 0 Å². The maximum atomic E-state index is 13.8. The van der Waals surface area contributed by atoms with E-state index < -0.39 is 133 Å². The smallest absolute Gasteiger partial charge is 0.251 e. The Kier molecular flexibility index (Phi) is 17.8. The molecule has 2 aliphatic heterocycles. The maximum Gasteiger partial charge on any atom is 0.251 e. The second kappa shape index (κ2) is 23.0. The van der Waals surface area contributed by atoms with E-state index in [1.807, 2.05) is 0 Å². The monoisotopic (exact) mass is 1000 g/mol. The third-order valence-electron chi connectivity index (χ3n) is 13.4. The topological polar surface area (TPSA) is 337 Å². The average molecular weight is 1000 g/mol. The number of hydrogen-bond acceptors (Lipinski definition) is 16. The van der Waals surface area contributed by atoms with E-state index in [0.29, 0.717) is 22.3 Å². The van der Waals surface area contributed by atoms with Gasteiger partial charge in [-0.05, 0) is 46.5 Å². The van der Waals surface area contributed by atoms with E-state index in [1.54, 1.807) is 84.9 Å². The first-order valence-corrected chi connectivity index (χ1v) is 23.5. The standard InChI is InChI=1S/C52H66N4O16/c1-49(2,27-57)43(63)47(67)53-25-35-37(59)39(61)41(51(69,71-35)23-29-11-7-5-8-12-29)55-45(65)33-19-15-31(16-20-33)32-17-21-34(22-18-32)46(66)56-42-40(62)38(60)36(26-54-48(68)44(64)50(3,4)28-58)72-52(42,70)24-30-13-9-6-10-14-30/h5-22,35-44,57-64,69-70H,23-28H2,1-4H3,(H,53,67)(H,54,68)(H,55,65)(H,56,66)/t35-,36-,37-,38-,39+,40+,41-,42-,43+,44+,51+,52+/m1/s1. The Hall–Kier alpha value is -5.72. The van der Waals surface area contributed by atoms with Gasteiger partial charge in [0.2, 0.25) is 11.8 Å². The van der Waals surface area contributed by atoms with Crippen LogP contribution in [0.15, 0.2) is 109 Å². The first-order valence-electron chi connectivity index (χ1n) is 23.5. The second-order valence-corrected chi connectivity index (χ2v) is 19.9. The zero-order valence-corrected chi connectivity index (χ0v) is 40.3. The summed E-state index contributed by atoms with van der Waals surface area (Å²) in [5, 5.41) is 119. The third kappa shape index (κ3) is 12.7. The molecule has 0 unspecified atom stereocenters. The van der Waals surface area contributed by atoms with Crippen molar-refractivity contribution in [1.82, 2.24) is 21.3 Å². The Morgan fingerprint density at radius 3 is 1.15 bits per heavy atom. The molecule has 4 aromatic carbocycles. The Labute approximate surface area is 416 Å². The van der Waals surface area contributed by atoms with Crippen LogP contribution in [0.5, 0.6) is 0 Å². The Bertz CT molecular complexity index is 2290. The van der Waals surface area contributed by atoms with Crippen LogP contribution in [0.4, 0.5) is 0 Å². The second-order valence-electron chi connectivity index (χ2n) is 19.9. The highest BCUT2D eigenvalue weighted by molar-refractivity contribution is 5.96. The van der Waals surface area contributed by atoms with E-state index >= 15 is 0 Å². The lowest BCUT2D eigenvalue weighted by molar-refractivity contribution is -0.311.